The second-order valence-corrected chi connectivity index (χ2v) is 9.99. The summed E-state index contributed by atoms with van der Waals surface area (Å²) < 4.78 is 6.03. The van der Waals surface area contributed by atoms with Crippen molar-refractivity contribution in [2.45, 2.75) is 44.4 Å². The third-order valence-electron chi connectivity index (χ3n) is 6.83. The maximum Gasteiger partial charge on any atom is 0.326 e. The summed E-state index contributed by atoms with van der Waals surface area (Å²) >= 11 is 0. The quantitative estimate of drug-likeness (QED) is 0.171. The molecule has 0 aliphatic heterocycles. The normalized spacial score (nSPS) is 12.1. The van der Waals surface area contributed by atoms with E-state index in [2.05, 4.69) is 10.6 Å². The molecule has 216 valence electrons. The highest BCUT2D eigenvalue weighted by Crippen LogP contribution is 2.28. The molecule has 8 nitrogen and oxygen atoms in total. The van der Waals surface area contributed by atoms with Crippen LogP contribution in [0.25, 0.3) is 0 Å². The fraction of sp³-hybridized carbons (Fsp3) is 0.206. The SMILES string of the molecule is N[C@@H](CCc1ccccc1)C(=O)Nc1ccc(C(=O)N[C@@H](CCc2ccccc2)C(=O)O)cc1OCc1ccccc1. The lowest BCUT2D eigenvalue weighted by Gasteiger charge is -2.18. The third-order valence-corrected chi connectivity index (χ3v) is 6.83. The van der Waals surface area contributed by atoms with E-state index in [0.29, 0.717) is 24.9 Å². The van der Waals surface area contributed by atoms with Crippen LogP contribution >= 0.6 is 0 Å². The number of carbonyl (C=O) groups excluding carboxylic acids is 2. The van der Waals surface area contributed by atoms with Crippen molar-refractivity contribution in [3.63, 3.8) is 0 Å². The Hall–Kier alpha value is -4.95. The first-order valence-corrected chi connectivity index (χ1v) is 13.9. The summed E-state index contributed by atoms with van der Waals surface area (Å²) in [7, 11) is 0. The number of nitrogens with one attached hydrogen (secondary N) is 2. The summed E-state index contributed by atoms with van der Waals surface area (Å²) in [5, 5.41) is 15.2. The summed E-state index contributed by atoms with van der Waals surface area (Å²) in [6.07, 6.45) is 1.84. The van der Waals surface area contributed by atoms with E-state index in [0.717, 1.165) is 16.7 Å². The molecule has 42 heavy (non-hydrogen) atoms. The van der Waals surface area contributed by atoms with Gasteiger partial charge in [0.2, 0.25) is 5.91 Å². The van der Waals surface area contributed by atoms with Gasteiger partial charge in [-0.05, 0) is 60.6 Å². The zero-order valence-electron chi connectivity index (χ0n) is 23.2. The van der Waals surface area contributed by atoms with Crippen LogP contribution < -0.4 is 21.1 Å². The highest BCUT2D eigenvalue weighted by atomic mass is 16.5. The molecule has 8 heteroatoms. The third kappa shape index (κ3) is 9.04. The molecule has 4 rings (SSSR count). The topological polar surface area (TPSA) is 131 Å². The Kier molecular flexibility index (Phi) is 10.8. The van der Waals surface area contributed by atoms with Crippen LogP contribution in [0.3, 0.4) is 0 Å². The van der Waals surface area contributed by atoms with E-state index < -0.39 is 24.0 Å². The molecule has 0 heterocycles. The largest absolute Gasteiger partial charge is 0.487 e. The fourth-order valence-electron chi connectivity index (χ4n) is 4.40. The predicted octanol–water partition coefficient (Wildman–Crippen LogP) is 4.98. The van der Waals surface area contributed by atoms with Crippen molar-refractivity contribution < 1.29 is 24.2 Å². The van der Waals surface area contributed by atoms with Gasteiger partial charge in [0, 0.05) is 5.56 Å². The van der Waals surface area contributed by atoms with Crippen molar-refractivity contribution >= 4 is 23.5 Å². The van der Waals surface area contributed by atoms with Gasteiger partial charge in [0.1, 0.15) is 18.4 Å². The second kappa shape index (κ2) is 15.2. The number of anilines is 1. The van der Waals surface area contributed by atoms with Gasteiger partial charge < -0.3 is 26.2 Å². The van der Waals surface area contributed by atoms with Crippen molar-refractivity contribution in [2.24, 2.45) is 5.73 Å². The van der Waals surface area contributed by atoms with Crippen LogP contribution in [0.15, 0.2) is 109 Å². The first-order chi connectivity index (χ1) is 20.4. The maximum absolute atomic E-state index is 13.1. The van der Waals surface area contributed by atoms with Gasteiger partial charge in [0.25, 0.3) is 5.91 Å². The molecule has 0 saturated carbocycles. The molecule has 4 aromatic carbocycles. The summed E-state index contributed by atoms with van der Waals surface area (Å²) in [6.45, 7) is 0.198. The zero-order valence-corrected chi connectivity index (χ0v) is 23.2. The van der Waals surface area contributed by atoms with E-state index >= 15 is 0 Å². The van der Waals surface area contributed by atoms with Crippen molar-refractivity contribution in [3.8, 4) is 5.75 Å². The van der Waals surface area contributed by atoms with Gasteiger partial charge in [-0.3, -0.25) is 9.59 Å². The molecular weight excluding hydrogens is 530 g/mol. The lowest BCUT2D eigenvalue weighted by atomic mass is 10.0. The Bertz CT molecular complexity index is 1460. The molecule has 0 aliphatic carbocycles. The number of aliphatic carboxylic acids is 1. The zero-order chi connectivity index (χ0) is 29.7. The Morgan fingerprint density at radius 3 is 1.86 bits per heavy atom. The molecule has 0 unspecified atom stereocenters. The number of ether oxygens (including phenoxy) is 1. The fourth-order valence-corrected chi connectivity index (χ4v) is 4.40. The van der Waals surface area contributed by atoms with Crippen LogP contribution in [0.2, 0.25) is 0 Å². The Morgan fingerprint density at radius 1 is 0.738 bits per heavy atom. The van der Waals surface area contributed by atoms with Crippen molar-refractivity contribution in [3.05, 3.63) is 131 Å². The summed E-state index contributed by atoms with van der Waals surface area (Å²) in [5.74, 6) is -1.78. The van der Waals surface area contributed by atoms with E-state index in [-0.39, 0.29) is 30.2 Å². The molecule has 2 atom stereocenters. The molecular formula is C34H35N3O5. The van der Waals surface area contributed by atoms with Crippen molar-refractivity contribution in [1.29, 1.82) is 0 Å². The molecule has 0 bridgehead atoms. The number of carboxylic acids is 1. The number of carboxylic acid groups (broad SMARTS) is 1. The number of hydrogen-bond donors (Lipinski definition) is 4. The highest BCUT2D eigenvalue weighted by Gasteiger charge is 2.22. The average Bonchev–Trinajstić information content (AvgIpc) is 3.02. The van der Waals surface area contributed by atoms with Crippen LogP contribution in [0, 0.1) is 0 Å². The summed E-state index contributed by atoms with van der Waals surface area (Å²) in [6, 6.07) is 31.5. The number of rotatable bonds is 14. The van der Waals surface area contributed by atoms with Crippen LogP contribution in [-0.4, -0.2) is 35.0 Å². The molecule has 2 amide bonds. The van der Waals surface area contributed by atoms with Gasteiger partial charge in [0.15, 0.2) is 0 Å². The first-order valence-electron chi connectivity index (χ1n) is 13.9. The number of nitrogens with two attached hydrogens (primary N) is 1. The summed E-state index contributed by atoms with van der Waals surface area (Å²) in [4.78, 5) is 38.0. The van der Waals surface area contributed by atoms with Crippen LogP contribution in [0.4, 0.5) is 5.69 Å². The van der Waals surface area contributed by atoms with Crippen LogP contribution in [0.5, 0.6) is 5.75 Å². The molecule has 0 aromatic heterocycles. The second-order valence-electron chi connectivity index (χ2n) is 9.99. The lowest BCUT2D eigenvalue weighted by Crippen LogP contribution is -2.41. The molecule has 0 radical (unpaired) electrons. The van der Waals surface area contributed by atoms with Gasteiger partial charge in [-0.1, -0.05) is 91.0 Å². The number of aryl methyl sites for hydroxylation is 2. The van der Waals surface area contributed by atoms with E-state index in [9.17, 15) is 19.5 Å². The Morgan fingerprint density at radius 2 is 1.29 bits per heavy atom. The number of amides is 2. The van der Waals surface area contributed by atoms with Crippen molar-refractivity contribution in [2.75, 3.05) is 5.32 Å². The minimum Gasteiger partial charge on any atom is -0.487 e. The van der Waals surface area contributed by atoms with E-state index in [1.807, 2.05) is 91.0 Å². The van der Waals surface area contributed by atoms with Crippen LogP contribution in [0.1, 0.15) is 39.9 Å². The maximum atomic E-state index is 13.1. The molecule has 0 fully saturated rings. The monoisotopic (exact) mass is 565 g/mol. The molecule has 5 N–H and O–H groups in total. The highest BCUT2D eigenvalue weighted by molar-refractivity contribution is 5.99. The number of carbonyl (C=O) groups is 3. The van der Waals surface area contributed by atoms with Gasteiger partial charge in [-0.2, -0.15) is 0 Å². The van der Waals surface area contributed by atoms with Crippen molar-refractivity contribution in [1.82, 2.24) is 5.32 Å². The molecule has 0 saturated heterocycles. The summed E-state index contributed by atoms with van der Waals surface area (Å²) in [5.41, 5.74) is 9.73. The van der Waals surface area contributed by atoms with Gasteiger partial charge >= 0.3 is 5.97 Å². The average molecular weight is 566 g/mol. The number of hydrogen-bond acceptors (Lipinski definition) is 5. The smallest absolute Gasteiger partial charge is 0.326 e. The van der Waals surface area contributed by atoms with Gasteiger partial charge in [0.05, 0.1) is 11.7 Å². The Balaban J connectivity index is 1.46. The van der Waals surface area contributed by atoms with Gasteiger partial charge in [-0.15, -0.1) is 0 Å². The molecule has 0 aliphatic rings. The lowest BCUT2D eigenvalue weighted by molar-refractivity contribution is -0.139. The predicted molar refractivity (Wildman–Crippen MR) is 162 cm³/mol. The minimum atomic E-state index is -1.12. The number of benzene rings is 4. The Labute approximate surface area is 245 Å². The van der Waals surface area contributed by atoms with Crippen LogP contribution in [-0.2, 0) is 29.0 Å². The molecule has 0 spiro atoms. The van der Waals surface area contributed by atoms with E-state index in [1.54, 1.807) is 6.07 Å². The first kappa shape index (κ1) is 30.0. The standard InChI is InChI=1S/C34H35N3O5/c35-28(19-16-24-10-4-1-5-11-24)33(39)36-29-21-18-27(22-31(29)42-23-26-14-8-3-9-15-26)32(38)37-30(34(40)41)20-17-25-12-6-2-7-13-25/h1-15,18,21-22,28,30H,16-17,19-20,23,35H2,(H,36,39)(H,37,38)(H,40,41)/t28-,30-/m0/s1. The molecule has 4 aromatic rings. The van der Waals surface area contributed by atoms with E-state index in [4.69, 9.17) is 10.5 Å². The minimum absolute atomic E-state index is 0.198. The van der Waals surface area contributed by atoms with E-state index in [1.165, 1.54) is 12.1 Å². The van der Waals surface area contributed by atoms with Gasteiger partial charge in [-0.25, -0.2) is 4.79 Å².